The summed E-state index contributed by atoms with van der Waals surface area (Å²) in [7, 11) is -9.78. The van der Waals surface area contributed by atoms with Crippen LogP contribution in [-0.4, -0.2) is 52.7 Å². The lowest BCUT2D eigenvalue weighted by atomic mass is 10.2. The van der Waals surface area contributed by atoms with Crippen LogP contribution in [0.4, 0.5) is 11.4 Å². The van der Waals surface area contributed by atoms with E-state index in [0.29, 0.717) is 11.1 Å². The van der Waals surface area contributed by atoms with Crippen LogP contribution >= 0.6 is 15.6 Å². The van der Waals surface area contributed by atoms with Crippen LogP contribution in [0.2, 0.25) is 0 Å². The molecule has 0 radical (unpaired) electrons. The van der Waals surface area contributed by atoms with Crippen molar-refractivity contribution in [2.75, 3.05) is 0 Å². The third kappa shape index (κ3) is 29.6. The average molecular weight is 506 g/mol. The van der Waals surface area contributed by atoms with E-state index in [-0.39, 0.29) is 11.0 Å². The molecule has 2 aromatic rings. The first-order chi connectivity index (χ1) is 13.4. The Balaban J connectivity index is -0.000000169. The molecule has 0 fully saturated rings. The minimum absolute atomic E-state index is 0. The number of carbonyl (C=O) groups is 2. The summed E-state index contributed by atoms with van der Waals surface area (Å²) in [6.45, 7) is 0. The highest BCUT2D eigenvalue weighted by Gasteiger charge is 2.00. The van der Waals surface area contributed by atoms with Crippen LogP contribution < -0.4 is 21.3 Å². The summed E-state index contributed by atoms with van der Waals surface area (Å²) in [6.07, 6.45) is 0. The molecular formula is C14H24N2O14P2. The van der Waals surface area contributed by atoms with Gasteiger partial charge in [-0.05, 0) is 48.5 Å². The van der Waals surface area contributed by atoms with Gasteiger partial charge in [0.25, 0.3) is 15.6 Å². The van der Waals surface area contributed by atoms with Crippen molar-refractivity contribution in [3.05, 3.63) is 59.7 Å². The summed E-state index contributed by atoms with van der Waals surface area (Å²) >= 11 is 0. The number of quaternary nitrogens is 2. The van der Waals surface area contributed by atoms with Gasteiger partial charge >= 0.3 is 11.9 Å². The normalized spacial score (nSPS) is 9.50. The van der Waals surface area contributed by atoms with Crippen molar-refractivity contribution in [3.63, 3.8) is 0 Å². The molecular weight excluding hydrogens is 482 g/mol. The van der Waals surface area contributed by atoms with Gasteiger partial charge in [-0.2, -0.15) is 0 Å². The molecule has 0 spiro atoms. The van der Waals surface area contributed by atoms with Crippen molar-refractivity contribution in [1.82, 2.24) is 0 Å². The maximum atomic E-state index is 10.3. The number of carboxylic acid groups (broad SMARTS) is 2. The first-order valence-electron chi connectivity index (χ1n) is 7.24. The van der Waals surface area contributed by atoms with Gasteiger partial charge in [-0.15, -0.1) is 0 Å². The molecule has 32 heavy (non-hydrogen) atoms. The molecule has 0 aliphatic carbocycles. The van der Waals surface area contributed by atoms with E-state index in [4.69, 9.17) is 48.7 Å². The predicted molar refractivity (Wildman–Crippen MR) is 103 cm³/mol. The lowest BCUT2D eigenvalue weighted by Crippen LogP contribution is -2.39. The van der Waals surface area contributed by atoms with E-state index in [1.807, 2.05) is 0 Å². The Hall–Kier alpha value is -2.56. The van der Waals surface area contributed by atoms with Gasteiger partial charge in [-0.25, -0.2) is 9.59 Å². The Morgan fingerprint density at radius 2 is 0.781 bits per heavy atom. The van der Waals surface area contributed by atoms with Gasteiger partial charge in [0, 0.05) is 0 Å². The van der Waals surface area contributed by atoms with Crippen LogP contribution in [0.25, 0.3) is 0 Å². The van der Waals surface area contributed by atoms with Gasteiger partial charge < -0.3 is 62.0 Å². The van der Waals surface area contributed by atoms with Crippen molar-refractivity contribution >= 4 is 39.0 Å². The number of rotatable bonds is 2. The SMILES string of the molecule is O.O.O=P([O-])(O)O.O=P([O-])(O)O.[NH3+]c1ccc(C(=O)O)cc1.[NH3+]c1ccc(C(=O)O)cc1. The Morgan fingerprint density at radius 3 is 0.906 bits per heavy atom. The van der Waals surface area contributed by atoms with Crippen LogP contribution in [0.15, 0.2) is 48.5 Å². The van der Waals surface area contributed by atoms with Crippen molar-refractivity contribution in [2.24, 2.45) is 0 Å². The Labute approximate surface area is 180 Å². The van der Waals surface area contributed by atoms with Crippen molar-refractivity contribution in [2.45, 2.75) is 0 Å². The summed E-state index contributed by atoms with van der Waals surface area (Å²) < 4.78 is 17.5. The molecule has 184 valence electrons. The topological polar surface area (TPSA) is 354 Å². The monoisotopic (exact) mass is 506 g/mol. The Morgan fingerprint density at radius 1 is 0.625 bits per heavy atom. The standard InChI is InChI=1S/2C7H7NO2.2H3O4P.2H2O/c2*8-6-3-1-5(2-4-6)7(9)10;2*1-5(2,3)4;;/h2*1-4H,8H2,(H,9,10);2*(H3,1,2,3,4);2*1H2. The molecule has 0 unspecified atom stereocenters. The molecule has 0 aromatic heterocycles. The van der Waals surface area contributed by atoms with E-state index in [1.165, 1.54) is 24.3 Å². The van der Waals surface area contributed by atoms with Gasteiger partial charge in [0.05, 0.1) is 11.1 Å². The highest BCUT2D eigenvalue weighted by Crippen LogP contribution is 2.19. The molecule has 0 bridgehead atoms. The van der Waals surface area contributed by atoms with E-state index in [1.54, 1.807) is 24.3 Å². The summed E-state index contributed by atoms with van der Waals surface area (Å²) in [5.74, 6) is -1.81. The van der Waals surface area contributed by atoms with Crippen molar-refractivity contribution in [1.29, 1.82) is 0 Å². The quantitative estimate of drug-likeness (QED) is 0.179. The molecule has 0 saturated carbocycles. The molecule has 2 aromatic carbocycles. The molecule has 0 aliphatic rings. The number of hydrogen-bond donors (Lipinski definition) is 8. The van der Waals surface area contributed by atoms with Gasteiger partial charge in [0.2, 0.25) is 0 Å². The van der Waals surface area contributed by atoms with Gasteiger partial charge in [-0.3, -0.25) is 9.13 Å². The molecule has 0 saturated heterocycles. The zero-order valence-electron chi connectivity index (χ0n) is 16.1. The second kappa shape index (κ2) is 17.0. The van der Waals surface area contributed by atoms with Gasteiger partial charge in [-0.1, -0.05) is 0 Å². The largest absolute Gasteiger partial charge is 0.756 e. The third-order valence-corrected chi connectivity index (χ3v) is 2.40. The number of benzene rings is 2. The van der Waals surface area contributed by atoms with Crippen LogP contribution in [0.3, 0.4) is 0 Å². The van der Waals surface area contributed by atoms with Crippen LogP contribution in [-0.2, 0) is 9.13 Å². The lowest BCUT2D eigenvalue weighted by molar-refractivity contribution is -0.255. The van der Waals surface area contributed by atoms with Crippen molar-refractivity contribution in [3.8, 4) is 0 Å². The molecule has 18 heteroatoms. The van der Waals surface area contributed by atoms with Crippen LogP contribution in [0, 0.1) is 0 Å². The van der Waals surface area contributed by atoms with Crippen LogP contribution in [0.1, 0.15) is 20.7 Å². The third-order valence-electron chi connectivity index (χ3n) is 2.40. The lowest BCUT2D eigenvalue weighted by Gasteiger charge is -2.01. The highest BCUT2D eigenvalue weighted by molar-refractivity contribution is 7.43. The summed E-state index contributed by atoms with van der Waals surface area (Å²) in [5, 5.41) is 16.9. The molecule has 0 aliphatic heterocycles. The van der Waals surface area contributed by atoms with Crippen LogP contribution in [0.5, 0.6) is 0 Å². The predicted octanol–water partition coefficient (Wildman–Crippen LogP) is -4.25. The molecule has 0 heterocycles. The Bertz CT molecular complexity index is 801. The van der Waals surface area contributed by atoms with Gasteiger partial charge in [0.15, 0.2) is 0 Å². The molecule has 0 atom stereocenters. The summed E-state index contributed by atoms with van der Waals surface area (Å²) in [4.78, 5) is 66.4. The fourth-order valence-corrected chi connectivity index (χ4v) is 1.29. The molecule has 16 nitrogen and oxygen atoms in total. The first-order valence-corrected chi connectivity index (χ1v) is 10.3. The number of phosphoric acid groups is 2. The van der Waals surface area contributed by atoms with E-state index in [0.717, 1.165) is 11.4 Å². The summed E-state index contributed by atoms with van der Waals surface area (Å²) in [6, 6.07) is 12.8. The zero-order valence-corrected chi connectivity index (χ0v) is 17.8. The maximum absolute atomic E-state index is 10.3. The first kappa shape index (κ1) is 36.8. The Kier molecular flexibility index (Phi) is 19.6. The van der Waals surface area contributed by atoms with E-state index in [9.17, 15) is 9.59 Å². The number of carboxylic acids is 2. The van der Waals surface area contributed by atoms with E-state index >= 15 is 0 Å². The molecule has 0 amide bonds. The minimum atomic E-state index is -4.89. The van der Waals surface area contributed by atoms with Gasteiger partial charge in [0.1, 0.15) is 11.4 Å². The summed E-state index contributed by atoms with van der Waals surface area (Å²) in [5.41, 5.74) is 9.50. The molecule has 2 rings (SSSR count). The fraction of sp³-hybridized carbons (Fsp3) is 0. The zero-order chi connectivity index (χ0) is 24.1. The average Bonchev–Trinajstić information content (AvgIpc) is 2.53. The number of hydrogen-bond acceptors (Lipinski definition) is 6. The second-order valence-corrected chi connectivity index (χ2v) is 6.95. The molecule has 16 N–H and O–H groups in total. The van der Waals surface area contributed by atoms with E-state index in [2.05, 4.69) is 11.5 Å². The van der Waals surface area contributed by atoms with E-state index < -0.39 is 27.6 Å². The minimum Gasteiger partial charge on any atom is -0.756 e. The fourth-order valence-electron chi connectivity index (χ4n) is 1.29. The second-order valence-electron chi connectivity index (χ2n) is 4.99. The highest BCUT2D eigenvalue weighted by atomic mass is 31.2. The maximum Gasteiger partial charge on any atom is 0.335 e. The smallest absolute Gasteiger partial charge is 0.335 e. The number of aromatic carboxylic acids is 2. The van der Waals surface area contributed by atoms with Crippen molar-refractivity contribution < 1.29 is 80.7 Å².